The molecular formula is C14H25N3. The zero-order chi connectivity index (χ0) is 12.6. The van der Waals surface area contributed by atoms with Gasteiger partial charge in [0.25, 0.3) is 0 Å². The van der Waals surface area contributed by atoms with Crippen LogP contribution in [0.4, 0.5) is 5.95 Å². The summed E-state index contributed by atoms with van der Waals surface area (Å²) in [5, 5.41) is 3.64. The van der Waals surface area contributed by atoms with Crippen molar-refractivity contribution in [2.24, 2.45) is 11.8 Å². The van der Waals surface area contributed by atoms with Gasteiger partial charge in [-0.15, -0.1) is 0 Å². The summed E-state index contributed by atoms with van der Waals surface area (Å²) in [5.41, 5.74) is 1.10. The van der Waals surface area contributed by atoms with Crippen molar-refractivity contribution in [3.8, 4) is 0 Å². The minimum atomic E-state index is 0.466. The van der Waals surface area contributed by atoms with Crippen LogP contribution in [0.3, 0.4) is 0 Å². The first-order valence-corrected chi connectivity index (χ1v) is 6.81. The Morgan fingerprint density at radius 2 is 2.06 bits per heavy atom. The summed E-state index contributed by atoms with van der Waals surface area (Å²) < 4.78 is 2.24. The molecule has 1 aliphatic carbocycles. The highest BCUT2D eigenvalue weighted by molar-refractivity contribution is 5.31. The second kappa shape index (κ2) is 4.71. The van der Waals surface area contributed by atoms with Gasteiger partial charge in [-0.05, 0) is 45.4 Å². The summed E-state index contributed by atoms with van der Waals surface area (Å²) in [7, 11) is 0. The molecule has 3 nitrogen and oxygen atoms in total. The second-order valence-electron chi connectivity index (χ2n) is 5.87. The smallest absolute Gasteiger partial charge is 0.203 e. The van der Waals surface area contributed by atoms with Gasteiger partial charge in [-0.3, -0.25) is 0 Å². The van der Waals surface area contributed by atoms with Gasteiger partial charge >= 0.3 is 0 Å². The van der Waals surface area contributed by atoms with Gasteiger partial charge in [0.2, 0.25) is 5.95 Å². The van der Waals surface area contributed by atoms with Crippen molar-refractivity contribution in [2.75, 3.05) is 5.32 Å². The van der Waals surface area contributed by atoms with Crippen molar-refractivity contribution >= 4 is 5.95 Å². The Kier molecular flexibility index (Phi) is 3.45. The number of aromatic nitrogens is 2. The van der Waals surface area contributed by atoms with E-state index in [1.54, 1.807) is 0 Å². The average molecular weight is 235 g/mol. The number of nitrogens with zero attached hydrogens (tertiary/aromatic N) is 2. The molecule has 17 heavy (non-hydrogen) atoms. The zero-order valence-electron chi connectivity index (χ0n) is 11.7. The lowest BCUT2D eigenvalue weighted by atomic mass is 9.98. The van der Waals surface area contributed by atoms with Crippen LogP contribution in [0, 0.1) is 18.8 Å². The molecule has 1 aromatic heterocycles. The molecule has 0 amide bonds. The maximum absolute atomic E-state index is 4.61. The molecule has 0 aliphatic heterocycles. The summed E-state index contributed by atoms with van der Waals surface area (Å²) in [6, 6.07) is 1.05. The fourth-order valence-corrected chi connectivity index (χ4v) is 2.75. The summed E-state index contributed by atoms with van der Waals surface area (Å²) in [5.74, 6) is 2.62. The van der Waals surface area contributed by atoms with Crippen LogP contribution in [0.15, 0.2) is 6.20 Å². The molecule has 1 fully saturated rings. The second-order valence-corrected chi connectivity index (χ2v) is 5.87. The maximum atomic E-state index is 4.61. The van der Waals surface area contributed by atoms with E-state index in [0.717, 1.165) is 23.5 Å². The molecule has 1 aromatic rings. The van der Waals surface area contributed by atoms with Crippen molar-refractivity contribution in [2.45, 2.75) is 59.5 Å². The number of aryl methyl sites for hydroxylation is 1. The van der Waals surface area contributed by atoms with Crippen LogP contribution in [0.5, 0.6) is 0 Å². The number of anilines is 1. The first kappa shape index (κ1) is 12.5. The van der Waals surface area contributed by atoms with Crippen LogP contribution in [0.1, 0.15) is 52.3 Å². The molecule has 1 heterocycles. The fraction of sp³-hybridized carbons (Fsp3) is 0.786. The Labute approximate surface area is 105 Å². The number of nitrogens with one attached hydrogen (secondary N) is 1. The van der Waals surface area contributed by atoms with E-state index in [-0.39, 0.29) is 0 Å². The lowest BCUT2D eigenvalue weighted by Gasteiger charge is -2.21. The van der Waals surface area contributed by atoms with Crippen LogP contribution >= 0.6 is 0 Å². The van der Waals surface area contributed by atoms with Gasteiger partial charge in [-0.2, -0.15) is 0 Å². The predicted molar refractivity (Wildman–Crippen MR) is 72.3 cm³/mol. The van der Waals surface area contributed by atoms with Crippen molar-refractivity contribution in [3.63, 3.8) is 0 Å². The molecule has 1 saturated carbocycles. The molecule has 0 spiro atoms. The van der Waals surface area contributed by atoms with E-state index in [0.29, 0.717) is 12.1 Å². The van der Waals surface area contributed by atoms with Crippen molar-refractivity contribution < 1.29 is 0 Å². The lowest BCUT2D eigenvalue weighted by Crippen LogP contribution is -2.26. The third-order valence-corrected chi connectivity index (χ3v) is 4.19. The summed E-state index contributed by atoms with van der Waals surface area (Å²) in [6.45, 7) is 11.2. The van der Waals surface area contributed by atoms with Gasteiger partial charge in [0.1, 0.15) is 0 Å². The first-order valence-electron chi connectivity index (χ1n) is 6.81. The highest BCUT2D eigenvalue weighted by Crippen LogP contribution is 2.33. The van der Waals surface area contributed by atoms with E-state index in [1.165, 1.54) is 12.8 Å². The Hall–Kier alpha value is -0.990. The Bertz CT molecular complexity index is 381. The van der Waals surface area contributed by atoms with Crippen LogP contribution in [-0.2, 0) is 0 Å². The van der Waals surface area contributed by atoms with E-state index >= 15 is 0 Å². The maximum Gasteiger partial charge on any atom is 0.203 e. The molecule has 3 unspecified atom stereocenters. The van der Waals surface area contributed by atoms with Crippen LogP contribution in [-0.4, -0.2) is 15.6 Å². The molecule has 1 aliphatic rings. The molecule has 0 saturated heterocycles. The molecule has 0 radical (unpaired) electrons. The molecule has 2 rings (SSSR count). The highest BCUT2D eigenvalue weighted by Gasteiger charge is 2.30. The Balaban J connectivity index is 2.13. The SMILES string of the molecule is Cc1cn(C(C)C)c(NC2CCC(C)C2C)n1. The minimum Gasteiger partial charge on any atom is -0.353 e. The summed E-state index contributed by atoms with van der Waals surface area (Å²) in [4.78, 5) is 4.61. The first-order chi connectivity index (χ1) is 7.99. The van der Waals surface area contributed by atoms with Gasteiger partial charge in [0, 0.05) is 18.3 Å². The molecule has 0 bridgehead atoms. The fourth-order valence-electron chi connectivity index (χ4n) is 2.75. The third kappa shape index (κ3) is 2.48. The summed E-state index contributed by atoms with van der Waals surface area (Å²) >= 11 is 0. The average Bonchev–Trinajstić information content (AvgIpc) is 2.76. The quantitative estimate of drug-likeness (QED) is 0.867. The number of hydrogen-bond acceptors (Lipinski definition) is 2. The van der Waals surface area contributed by atoms with E-state index in [1.807, 2.05) is 0 Å². The summed E-state index contributed by atoms with van der Waals surface area (Å²) in [6.07, 6.45) is 4.74. The van der Waals surface area contributed by atoms with E-state index < -0.39 is 0 Å². The topological polar surface area (TPSA) is 29.9 Å². The largest absolute Gasteiger partial charge is 0.353 e. The van der Waals surface area contributed by atoms with Gasteiger partial charge in [0.05, 0.1) is 5.69 Å². The Morgan fingerprint density at radius 3 is 2.59 bits per heavy atom. The number of hydrogen-bond donors (Lipinski definition) is 1. The van der Waals surface area contributed by atoms with Crippen LogP contribution in [0.25, 0.3) is 0 Å². The molecule has 96 valence electrons. The van der Waals surface area contributed by atoms with Crippen LogP contribution in [0.2, 0.25) is 0 Å². The molecule has 3 atom stereocenters. The normalized spacial score (nSPS) is 28.9. The van der Waals surface area contributed by atoms with E-state index in [4.69, 9.17) is 0 Å². The van der Waals surface area contributed by atoms with Crippen molar-refractivity contribution in [3.05, 3.63) is 11.9 Å². The minimum absolute atomic E-state index is 0.466. The van der Waals surface area contributed by atoms with Crippen molar-refractivity contribution in [1.29, 1.82) is 0 Å². The number of imidazole rings is 1. The highest BCUT2D eigenvalue weighted by atomic mass is 15.2. The van der Waals surface area contributed by atoms with Crippen LogP contribution < -0.4 is 5.32 Å². The van der Waals surface area contributed by atoms with Crippen molar-refractivity contribution in [1.82, 2.24) is 9.55 Å². The van der Waals surface area contributed by atoms with Gasteiger partial charge in [0.15, 0.2) is 0 Å². The molecule has 1 N–H and O–H groups in total. The monoisotopic (exact) mass is 235 g/mol. The Morgan fingerprint density at radius 1 is 1.35 bits per heavy atom. The van der Waals surface area contributed by atoms with E-state index in [2.05, 4.69) is 55.7 Å². The van der Waals surface area contributed by atoms with E-state index in [9.17, 15) is 0 Å². The zero-order valence-corrected chi connectivity index (χ0v) is 11.7. The van der Waals surface area contributed by atoms with Gasteiger partial charge < -0.3 is 9.88 Å². The standard InChI is InChI=1S/C14H25N3/c1-9(2)17-8-11(4)15-14(17)16-13-7-6-10(3)12(13)5/h8-10,12-13H,6-7H2,1-5H3,(H,15,16). The van der Waals surface area contributed by atoms with Gasteiger partial charge in [-0.25, -0.2) is 4.98 Å². The molecule has 0 aromatic carbocycles. The van der Waals surface area contributed by atoms with Gasteiger partial charge in [-0.1, -0.05) is 13.8 Å². The molecular weight excluding hydrogens is 210 g/mol. The molecule has 3 heteroatoms. The lowest BCUT2D eigenvalue weighted by molar-refractivity contribution is 0.432. The predicted octanol–water partition coefficient (Wildman–Crippen LogP) is 3.62. The number of rotatable bonds is 3. The third-order valence-electron chi connectivity index (χ3n) is 4.19.